The molecule has 35 heavy (non-hydrogen) atoms. The van der Waals surface area contributed by atoms with Crippen LogP contribution in [0.25, 0.3) is 21.1 Å². The molecular weight excluding hydrogens is 492 g/mol. The number of thiophene rings is 1. The Morgan fingerprint density at radius 3 is 2.83 bits per heavy atom. The molecule has 2 N–H and O–H groups in total. The minimum Gasteiger partial charge on any atom is -0.419 e. The minimum atomic E-state index is -3.73. The molecule has 3 aromatic heterocycles. The van der Waals surface area contributed by atoms with E-state index in [0.717, 1.165) is 15.8 Å². The van der Waals surface area contributed by atoms with Gasteiger partial charge in [0.1, 0.15) is 4.88 Å². The summed E-state index contributed by atoms with van der Waals surface area (Å²) in [6.07, 6.45) is 2.84. The maximum absolute atomic E-state index is 12.6. The van der Waals surface area contributed by atoms with Gasteiger partial charge in [-0.25, -0.2) is 23.4 Å². The van der Waals surface area contributed by atoms with Crippen LogP contribution in [0.1, 0.15) is 22.2 Å². The molecule has 0 radical (unpaired) electrons. The van der Waals surface area contributed by atoms with Gasteiger partial charge in [-0.05, 0) is 26.0 Å². The number of aryl methyl sites for hydroxylation is 1. The number of nitrogens with zero attached hydrogens (tertiary/aromatic N) is 4. The molecule has 1 aliphatic rings. The van der Waals surface area contributed by atoms with Gasteiger partial charge in [0.15, 0.2) is 0 Å². The maximum atomic E-state index is 12.6. The van der Waals surface area contributed by atoms with Crippen LogP contribution in [0.4, 0.5) is 5.69 Å². The van der Waals surface area contributed by atoms with Gasteiger partial charge in [0.05, 0.1) is 35.3 Å². The Kier molecular flexibility index (Phi) is 5.99. The lowest BCUT2D eigenvalue weighted by molar-refractivity contribution is 0.0949. The maximum Gasteiger partial charge on any atom is 0.263 e. The number of anilines is 1. The van der Waals surface area contributed by atoms with Crippen LogP contribution in [0.5, 0.6) is 11.8 Å². The number of methoxy groups -OCH3 is 1. The molecule has 0 saturated carbocycles. The monoisotopic (exact) mass is 514 g/mol. The minimum absolute atomic E-state index is 0.00230. The van der Waals surface area contributed by atoms with E-state index in [1.54, 1.807) is 13.0 Å². The summed E-state index contributed by atoms with van der Waals surface area (Å²) in [6.45, 7) is 4.27. The highest BCUT2D eigenvalue weighted by Gasteiger charge is 2.25. The van der Waals surface area contributed by atoms with Crippen molar-refractivity contribution < 1.29 is 22.7 Å². The number of nitrogens with one attached hydrogen (secondary N) is 2. The van der Waals surface area contributed by atoms with E-state index in [1.807, 2.05) is 13.0 Å². The van der Waals surface area contributed by atoms with Crippen LogP contribution in [0.3, 0.4) is 0 Å². The first-order valence-corrected chi connectivity index (χ1v) is 13.2. The van der Waals surface area contributed by atoms with Crippen molar-refractivity contribution in [3.8, 4) is 11.8 Å². The Hall–Kier alpha value is -3.42. The summed E-state index contributed by atoms with van der Waals surface area (Å²) in [6, 6.07) is 3.70. The zero-order valence-electron chi connectivity index (χ0n) is 19.2. The van der Waals surface area contributed by atoms with Gasteiger partial charge in [-0.1, -0.05) is 0 Å². The van der Waals surface area contributed by atoms with Crippen molar-refractivity contribution in [2.45, 2.75) is 25.0 Å². The molecule has 0 aliphatic carbocycles. The van der Waals surface area contributed by atoms with E-state index in [9.17, 15) is 13.2 Å². The average Bonchev–Trinajstić information content (AvgIpc) is 3.15. The van der Waals surface area contributed by atoms with E-state index in [2.05, 4.69) is 30.6 Å². The highest BCUT2D eigenvalue weighted by atomic mass is 32.2. The van der Waals surface area contributed by atoms with Crippen molar-refractivity contribution >= 4 is 53.9 Å². The van der Waals surface area contributed by atoms with E-state index in [1.165, 1.54) is 30.8 Å². The first-order chi connectivity index (χ1) is 16.8. The zero-order valence-corrected chi connectivity index (χ0v) is 20.8. The van der Waals surface area contributed by atoms with E-state index in [-0.39, 0.29) is 41.2 Å². The number of hydrogen-bond acceptors (Lipinski definition) is 11. The van der Waals surface area contributed by atoms with Crippen LogP contribution >= 0.6 is 11.3 Å². The predicted octanol–water partition coefficient (Wildman–Crippen LogP) is 2.70. The second-order valence-corrected chi connectivity index (χ2v) is 11.2. The fourth-order valence-electron chi connectivity index (χ4n) is 3.67. The zero-order chi connectivity index (χ0) is 24.7. The van der Waals surface area contributed by atoms with E-state index in [4.69, 9.17) is 9.47 Å². The Morgan fingerprint density at radius 1 is 1.20 bits per heavy atom. The molecule has 1 aromatic carbocycles. The fourth-order valence-corrected chi connectivity index (χ4v) is 5.76. The van der Waals surface area contributed by atoms with Crippen LogP contribution in [0.15, 0.2) is 29.7 Å². The standard InChI is InChI=1S/C22H22N6O5S2/c1-11-8-25-22(35(30,31)7-6-32-3)28-21(11)33-15-10-24-17-13(27-15)4-5-14-16(17)18-19(34-14)20(29)26-12(2)9-23-18/h4-5,8,10,12,23H,6-7,9H2,1-3H3,(H,26,29)/t12-/m1/s1. The predicted molar refractivity (Wildman–Crippen MR) is 131 cm³/mol. The van der Waals surface area contributed by atoms with Gasteiger partial charge in [-0.2, -0.15) is 4.98 Å². The van der Waals surface area contributed by atoms with Crippen molar-refractivity contribution in [1.29, 1.82) is 0 Å². The molecule has 4 aromatic rings. The van der Waals surface area contributed by atoms with Gasteiger partial charge in [0.2, 0.25) is 26.8 Å². The molecular formula is C22H22N6O5S2. The van der Waals surface area contributed by atoms with Crippen molar-refractivity contribution in [2.24, 2.45) is 0 Å². The molecule has 1 aliphatic heterocycles. The molecule has 182 valence electrons. The van der Waals surface area contributed by atoms with E-state index in [0.29, 0.717) is 28.0 Å². The smallest absolute Gasteiger partial charge is 0.263 e. The van der Waals surface area contributed by atoms with Gasteiger partial charge in [0.25, 0.3) is 5.91 Å². The molecule has 11 nitrogen and oxygen atoms in total. The highest BCUT2D eigenvalue weighted by molar-refractivity contribution is 7.91. The summed E-state index contributed by atoms with van der Waals surface area (Å²) in [5, 5.41) is 6.82. The van der Waals surface area contributed by atoms with E-state index < -0.39 is 9.84 Å². The molecule has 1 amide bonds. The van der Waals surface area contributed by atoms with Gasteiger partial charge in [-0.15, -0.1) is 11.3 Å². The fraction of sp³-hybridized carbons (Fsp3) is 0.318. The molecule has 5 rings (SSSR count). The Labute approximate surface area is 204 Å². The first kappa shape index (κ1) is 23.3. The quantitative estimate of drug-likeness (QED) is 0.368. The Bertz CT molecular complexity index is 1570. The number of fused-ring (bicyclic) bond motifs is 5. The third-order valence-electron chi connectivity index (χ3n) is 5.45. The topological polar surface area (TPSA) is 145 Å². The highest BCUT2D eigenvalue weighted by Crippen LogP contribution is 2.40. The Balaban J connectivity index is 1.52. The van der Waals surface area contributed by atoms with Crippen molar-refractivity contribution in [3.05, 3.63) is 35.0 Å². The first-order valence-electron chi connectivity index (χ1n) is 10.8. The molecule has 0 saturated heterocycles. The number of amides is 1. The van der Waals surface area contributed by atoms with Crippen LogP contribution < -0.4 is 15.4 Å². The summed E-state index contributed by atoms with van der Waals surface area (Å²) in [7, 11) is -2.31. The van der Waals surface area contributed by atoms with Gasteiger partial charge in [0, 0.05) is 41.5 Å². The van der Waals surface area contributed by atoms with Crippen molar-refractivity contribution in [1.82, 2.24) is 25.3 Å². The summed E-state index contributed by atoms with van der Waals surface area (Å²) in [4.78, 5) is 30.4. The van der Waals surface area contributed by atoms with Crippen LogP contribution in [-0.4, -0.2) is 66.3 Å². The normalized spacial score (nSPS) is 16.0. The SMILES string of the molecule is COCCS(=O)(=O)c1ncc(C)c(Oc2cnc3c(ccc4sc5c(c43)NC[C@@H](C)NC5=O)n2)n1. The Morgan fingerprint density at radius 2 is 2.03 bits per heavy atom. The summed E-state index contributed by atoms with van der Waals surface area (Å²) in [5.74, 6) is -0.134. The molecule has 13 heteroatoms. The number of aromatic nitrogens is 4. The van der Waals surface area contributed by atoms with Gasteiger partial charge in [-0.3, -0.25) is 4.79 Å². The lowest BCUT2D eigenvalue weighted by Crippen LogP contribution is -2.34. The number of benzene rings is 1. The molecule has 4 heterocycles. The van der Waals surface area contributed by atoms with E-state index >= 15 is 0 Å². The van der Waals surface area contributed by atoms with Crippen LogP contribution in [0.2, 0.25) is 0 Å². The molecule has 0 unspecified atom stereocenters. The second-order valence-electron chi connectivity index (χ2n) is 8.13. The number of ether oxygens (including phenoxy) is 2. The number of carbonyl (C=O) groups excluding carboxylic acids is 1. The third-order valence-corrected chi connectivity index (χ3v) is 8.06. The number of sulfone groups is 1. The van der Waals surface area contributed by atoms with Crippen LogP contribution in [0, 0.1) is 6.92 Å². The number of carbonyl (C=O) groups is 1. The second kappa shape index (κ2) is 8.98. The molecule has 1 atom stereocenters. The lowest BCUT2D eigenvalue weighted by Gasteiger charge is -2.10. The van der Waals surface area contributed by atoms with Crippen LogP contribution in [-0.2, 0) is 14.6 Å². The molecule has 0 bridgehead atoms. The van der Waals surface area contributed by atoms with Gasteiger partial charge < -0.3 is 20.1 Å². The number of hydrogen-bond donors (Lipinski definition) is 2. The largest absolute Gasteiger partial charge is 0.419 e. The summed E-state index contributed by atoms with van der Waals surface area (Å²) >= 11 is 1.40. The molecule has 0 spiro atoms. The summed E-state index contributed by atoms with van der Waals surface area (Å²) in [5.41, 5.74) is 2.48. The summed E-state index contributed by atoms with van der Waals surface area (Å²) < 4.78 is 36.5. The van der Waals surface area contributed by atoms with Crippen molar-refractivity contribution in [2.75, 3.05) is 31.3 Å². The number of rotatable bonds is 6. The van der Waals surface area contributed by atoms with Crippen molar-refractivity contribution in [3.63, 3.8) is 0 Å². The lowest BCUT2D eigenvalue weighted by atomic mass is 10.1. The molecule has 0 fully saturated rings. The third kappa shape index (κ3) is 4.37. The van der Waals surface area contributed by atoms with Gasteiger partial charge >= 0.3 is 0 Å². The average molecular weight is 515 g/mol.